The van der Waals surface area contributed by atoms with E-state index in [1.807, 2.05) is 24.6 Å². The quantitative estimate of drug-likeness (QED) is 0.807. The fourth-order valence-electron chi connectivity index (χ4n) is 2.01. The van der Waals surface area contributed by atoms with Crippen LogP contribution in [0.2, 0.25) is 5.02 Å². The van der Waals surface area contributed by atoms with Gasteiger partial charge in [-0.25, -0.2) is 0 Å². The van der Waals surface area contributed by atoms with Gasteiger partial charge in [-0.3, -0.25) is 9.67 Å². The van der Waals surface area contributed by atoms with Crippen LogP contribution in [-0.2, 0) is 13.0 Å². The molecule has 0 bridgehead atoms. The van der Waals surface area contributed by atoms with E-state index in [9.17, 15) is 5.11 Å². The van der Waals surface area contributed by atoms with Crippen LogP contribution in [0.5, 0.6) is 0 Å². The van der Waals surface area contributed by atoms with Crippen LogP contribution in [0.1, 0.15) is 30.1 Å². The van der Waals surface area contributed by atoms with Crippen LogP contribution in [0, 0.1) is 6.92 Å². The molecule has 2 heterocycles. The molecule has 0 amide bonds. The normalized spacial score (nSPS) is 12.7. The summed E-state index contributed by atoms with van der Waals surface area (Å²) in [5, 5.41) is 15.3. The van der Waals surface area contributed by atoms with E-state index < -0.39 is 6.10 Å². The number of aliphatic hydroxyl groups excluding tert-OH is 1. The highest BCUT2D eigenvalue weighted by Crippen LogP contribution is 2.29. The third-order valence-electron chi connectivity index (χ3n) is 2.99. The average Bonchev–Trinajstić information content (AvgIpc) is 2.66. The van der Waals surface area contributed by atoms with Crippen LogP contribution in [0.15, 0.2) is 21.2 Å². The Kier molecular flexibility index (Phi) is 5.23. The van der Waals surface area contributed by atoms with Crippen molar-refractivity contribution in [2.45, 2.75) is 32.9 Å². The smallest absolute Gasteiger partial charge is 0.103 e. The number of rotatable bonds is 4. The molecular weight excluding hydrogens is 409 g/mol. The van der Waals surface area contributed by atoms with Crippen molar-refractivity contribution in [1.29, 1.82) is 0 Å². The Morgan fingerprint density at radius 3 is 2.75 bits per heavy atom. The maximum Gasteiger partial charge on any atom is 0.103 e. The molecule has 0 aromatic carbocycles. The first-order chi connectivity index (χ1) is 9.43. The van der Waals surface area contributed by atoms with Gasteiger partial charge in [0, 0.05) is 28.1 Å². The molecule has 108 valence electrons. The van der Waals surface area contributed by atoms with E-state index in [2.05, 4.69) is 41.9 Å². The van der Waals surface area contributed by atoms with Crippen molar-refractivity contribution in [3.8, 4) is 0 Å². The van der Waals surface area contributed by atoms with Crippen LogP contribution < -0.4 is 0 Å². The minimum Gasteiger partial charge on any atom is -0.386 e. The zero-order chi connectivity index (χ0) is 14.9. The van der Waals surface area contributed by atoms with Crippen LogP contribution in [0.3, 0.4) is 0 Å². The van der Waals surface area contributed by atoms with Gasteiger partial charge in [-0.2, -0.15) is 5.10 Å². The molecule has 7 heteroatoms. The van der Waals surface area contributed by atoms with E-state index in [0.29, 0.717) is 23.7 Å². The van der Waals surface area contributed by atoms with Gasteiger partial charge in [0.2, 0.25) is 0 Å². The Balaban J connectivity index is 2.30. The summed E-state index contributed by atoms with van der Waals surface area (Å²) in [7, 11) is 0. The summed E-state index contributed by atoms with van der Waals surface area (Å²) in [6, 6.07) is 1.86. The summed E-state index contributed by atoms with van der Waals surface area (Å²) in [5.74, 6) is 0. The van der Waals surface area contributed by atoms with E-state index in [4.69, 9.17) is 11.6 Å². The molecule has 0 radical (unpaired) electrons. The third kappa shape index (κ3) is 3.24. The fourth-order valence-corrected chi connectivity index (χ4v) is 3.48. The van der Waals surface area contributed by atoms with Crippen molar-refractivity contribution in [2.75, 3.05) is 0 Å². The zero-order valence-electron chi connectivity index (χ0n) is 11.1. The monoisotopic (exact) mass is 421 g/mol. The summed E-state index contributed by atoms with van der Waals surface area (Å²) in [6.45, 7) is 4.56. The molecule has 2 aromatic heterocycles. The van der Waals surface area contributed by atoms with E-state index in [0.717, 1.165) is 20.3 Å². The lowest BCUT2D eigenvalue weighted by molar-refractivity contribution is 0.170. The predicted molar refractivity (Wildman–Crippen MR) is 85.9 cm³/mol. The molecule has 1 N–H and O–H groups in total. The summed E-state index contributed by atoms with van der Waals surface area (Å²) in [6.07, 6.45) is 1.30. The number of halogens is 3. The predicted octanol–water partition coefficient (Wildman–Crippen LogP) is 4.06. The summed E-state index contributed by atoms with van der Waals surface area (Å²) >= 11 is 13.0. The van der Waals surface area contributed by atoms with Gasteiger partial charge in [-0.15, -0.1) is 0 Å². The highest BCUT2D eigenvalue weighted by atomic mass is 79.9. The zero-order valence-corrected chi connectivity index (χ0v) is 15.0. The molecule has 0 saturated carbocycles. The lowest BCUT2D eigenvalue weighted by Crippen LogP contribution is -2.10. The molecule has 1 atom stereocenters. The Bertz CT molecular complexity index is 630. The minimum absolute atomic E-state index is 0.376. The van der Waals surface area contributed by atoms with Crippen molar-refractivity contribution in [3.05, 3.63) is 43.3 Å². The number of pyridine rings is 1. The van der Waals surface area contributed by atoms with Crippen LogP contribution >= 0.6 is 43.5 Å². The molecule has 0 fully saturated rings. The fraction of sp³-hybridized carbons (Fsp3) is 0.385. The number of aryl methyl sites for hydroxylation is 2. The van der Waals surface area contributed by atoms with Crippen molar-refractivity contribution in [1.82, 2.24) is 14.8 Å². The second kappa shape index (κ2) is 6.56. The maximum absolute atomic E-state index is 10.4. The van der Waals surface area contributed by atoms with E-state index >= 15 is 0 Å². The van der Waals surface area contributed by atoms with E-state index in [1.54, 1.807) is 6.20 Å². The standard InChI is InChI=1S/C13H14Br2ClN3O/c1-3-19-10(12(16)7(2)18-19)5-11(20)13-9(15)4-8(14)6-17-13/h4,6,11,20H,3,5H2,1-2H3. The molecule has 20 heavy (non-hydrogen) atoms. The van der Waals surface area contributed by atoms with Crippen molar-refractivity contribution < 1.29 is 5.11 Å². The molecule has 2 rings (SSSR count). The van der Waals surface area contributed by atoms with Crippen LogP contribution in [0.4, 0.5) is 0 Å². The first-order valence-electron chi connectivity index (χ1n) is 6.14. The summed E-state index contributed by atoms with van der Waals surface area (Å²) in [4.78, 5) is 4.25. The molecule has 0 aliphatic carbocycles. The van der Waals surface area contributed by atoms with Crippen LogP contribution in [-0.4, -0.2) is 19.9 Å². The minimum atomic E-state index is -0.739. The molecule has 2 aromatic rings. The Morgan fingerprint density at radius 2 is 2.15 bits per heavy atom. The molecule has 0 aliphatic rings. The van der Waals surface area contributed by atoms with Crippen molar-refractivity contribution in [3.63, 3.8) is 0 Å². The van der Waals surface area contributed by atoms with Gasteiger partial charge < -0.3 is 5.11 Å². The molecule has 4 nitrogen and oxygen atoms in total. The Hall–Kier alpha value is -0.430. The number of nitrogens with zero attached hydrogens (tertiary/aromatic N) is 3. The first-order valence-corrected chi connectivity index (χ1v) is 8.11. The number of hydrogen-bond donors (Lipinski definition) is 1. The van der Waals surface area contributed by atoms with Gasteiger partial charge in [0.1, 0.15) is 6.10 Å². The SMILES string of the molecule is CCn1nc(C)c(Cl)c1CC(O)c1ncc(Br)cc1Br. The van der Waals surface area contributed by atoms with Crippen molar-refractivity contribution >= 4 is 43.5 Å². The molecule has 0 aliphatic heterocycles. The van der Waals surface area contributed by atoms with Gasteiger partial charge >= 0.3 is 0 Å². The number of aliphatic hydroxyl groups is 1. The molecule has 0 spiro atoms. The number of aromatic nitrogens is 3. The highest BCUT2D eigenvalue weighted by Gasteiger charge is 2.20. The average molecular weight is 424 g/mol. The van der Waals surface area contributed by atoms with Gasteiger partial charge in [-0.1, -0.05) is 11.6 Å². The van der Waals surface area contributed by atoms with Gasteiger partial charge in [0.15, 0.2) is 0 Å². The Morgan fingerprint density at radius 1 is 1.45 bits per heavy atom. The highest BCUT2D eigenvalue weighted by molar-refractivity contribution is 9.11. The Labute approximate surface area is 139 Å². The second-order valence-corrected chi connectivity index (χ2v) is 6.55. The van der Waals surface area contributed by atoms with Crippen LogP contribution in [0.25, 0.3) is 0 Å². The lowest BCUT2D eigenvalue weighted by Gasteiger charge is -2.13. The second-order valence-electron chi connectivity index (χ2n) is 4.40. The first kappa shape index (κ1) is 15.9. The summed E-state index contributed by atoms with van der Waals surface area (Å²) in [5.41, 5.74) is 2.19. The summed E-state index contributed by atoms with van der Waals surface area (Å²) < 4.78 is 3.43. The third-order valence-corrected chi connectivity index (χ3v) is 4.55. The maximum atomic E-state index is 10.4. The topological polar surface area (TPSA) is 50.9 Å². The van der Waals surface area contributed by atoms with Gasteiger partial charge in [-0.05, 0) is 51.8 Å². The van der Waals surface area contributed by atoms with Gasteiger partial charge in [0.25, 0.3) is 0 Å². The number of hydrogen-bond acceptors (Lipinski definition) is 3. The lowest BCUT2D eigenvalue weighted by atomic mass is 10.1. The van der Waals surface area contributed by atoms with Crippen molar-refractivity contribution in [2.24, 2.45) is 0 Å². The van der Waals surface area contributed by atoms with E-state index in [1.165, 1.54) is 0 Å². The largest absolute Gasteiger partial charge is 0.386 e. The molecular formula is C13H14Br2ClN3O. The molecule has 0 saturated heterocycles. The van der Waals surface area contributed by atoms with Gasteiger partial charge in [0.05, 0.1) is 22.1 Å². The van der Waals surface area contributed by atoms with E-state index in [-0.39, 0.29) is 0 Å². The molecule has 1 unspecified atom stereocenters.